The fourth-order valence-electron chi connectivity index (χ4n) is 2.79. The van der Waals surface area contributed by atoms with Gasteiger partial charge < -0.3 is 10.0 Å². The van der Waals surface area contributed by atoms with Gasteiger partial charge in [0.2, 0.25) is 5.91 Å². The van der Waals surface area contributed by atoms with E-state index in [1.807, 2.05) is 17.0 Å². The maximum Gasteiger partial charge on any atom is 0.227 e. The molecule has 3 rings (SSSR count). The summed E-state index contributed by atoms with van der Waals surface area (Å²) >= 11 is 3.44. The number of hydrogen-bond donors (Lipinski definition) is 1. The van der Waals surface area contributed by atoms with Crippen molar-refractivity contribution in [2.75, 3.05) is 11.5 Å². The van der Waals surface area contributed by atoms with Crippen LogP contribution in [-0.4, -0.2) is 23.7 Å². The molecule has 0 radical (unpaired) electrons. The van der Waals surface area contributed by atoms with E-state index >= 15 is 0 Å². The predicted octanol–water partition coefficient (Wildman–Crippen LogP) is 1.72. The summed E-state index contributed by atoms with van der Waals surface area (Å²) in [4.78, 5) is 13.7. The molecule has 1 aromatic carbocycles. The molecule has 1 aromatic rings. The van der Waals surface area contributed by atoms with Crippen LogP contribution in [0.25, 0.3) is 0 Å². The van der Waals surface area contributed by atoms with Crippen LogP contribution in [0, 0.1) is 5.92 Å². The topological polar surface area (TPSA) is 40.5 Å². The highest BCUT2D eigenvalue weighted by Gasteiger charge is 2.44. The van der Waals surface area contributed by atoms with E-state index in [9.17, 15) is 9.90 Å². The number of benzene rings is 1. The van der Waals surface area contributed by atoms with Crippen molar-refractivity contribution in [3.8, 4) is 0 Å². The average molecular weight is 282 g/mol. The number of carbonyl (C=O) groups excluding carboxylic acids is 1. The summed E-state index contributed by atoms with van der Waals surface area (Å²) in [5.74, 6) is 0.240. The maximum absolute atomic E-state index is 11.9. The average Bonchev–Trinajstić information content (AvgIpc) is 2.76. The van der Waals surface area contributed by atoms with E-state index in [-0.39, 0.29) is 24.5 Å². The molecule has 1 saturated heterocycles. The van der Waals surface area contributed by atoms with Gasteiger partial charge in [-0.2, -0.15) is 0 Å². The third kappa shape index (κ3) is 1.33. The minimum Gasteiger partial charge on any atom is -0.396 e. The first-order chi connectivity index (χ1) is 7.70. The summed E-state index contributed by atoms with van der Waals surface area (Å²) in [5.41, 5.74) is 2.22. The van der Waals surface area contributed by atoms with E-state index in [0.29, 0.717) is 6.42 Å². The van der Waals surface area contributed by atoms with Gasteiger partial charge in [-0.25, -0.2) is 0 Å². The summed E-state index contributed by atoms with van der Waals surface area (Å²) < 4.78 is 1.04. The summed E-state index contributed by atoms with van der Waals surface area (Å²) in [5, 5.41) is 9.28. The van der Waals surface area contributed by atoms with E-state index in [1.54, 1.807) is 0 Å². The van der Waals surface area contributed by atoms with Crippen LogP contribution >= 0.6 is 15.9 Å². The molecule has 0 aliphatic carbocycles. The highest BCUT2D eigenvalue weighted by atomic mass is 79.9. The molecule has 1 amide bonds. The van der Waals surface area contributed by atoms with Gasteiger partial charge in [0.1, 0.15) is 0 Å². The molecule has 1 fully saturated rings. The summed E-state index contributed by atoms with van der Waals surface area (Å²) in [6, 6.07) is 6.18. The second-order valence-corrected chi connectivity index (χ2v) is 5.37. The maximum atomic E-state index is 11.9. The number of hydrogen-bond acceptors (Lipinski definition) is 2. The lowest BCUT2D eigenvalue weighted by molar-refractivity contribution is -0.117. The van der Waals surface area contributed by atoms with Gasteiger partial charge in [0.15, 0.2) is 0 Å². The van der Waals surface area contributed by atoms with Crippen molar-refractivity contribution < 1.29 is 9.90 Å². The quantitative estimate of drug-likeness (QED) is 0.852. The number of fused-ring (bicyclic) bond motifs is 3. The first-order valence-corrected chi connectivity index (χ1v) is 6.21. The molecule has 2 aliphatic heterocycles. The van der Waals surface area contributed by atoms with E-state index in [2.05, 4.69) is 22.0 Å². The number of rotatable bonds is 1. The number of aliphatic hydroxyl groups excluding tert-OH is 1. The Labute approximate surface area is 102 Å². The fraction of sp³-hybridized carbons (Fsp3) is 0.417. The fourth-order valence-corrected chi connectivity index (χ4v) is 3.20. The van der Waals surface area contributed by atoms with Crippen molar-refractivity contribution in [2.24, 2.45) is 5.92 Å². The molecule has 0 spiro atoms. The standard InChI is InChI=1S/C12H12BrNO2/c13-9-1-2-10-7(3-9)4-11-8(6-15)5-12(16)14(10)11/h1-3,8,11,15H,4-6H2/t8-,11-/m0/s1. The summed E-state index contributed by atoms with van der Waals surface area (Å²) in [6.45, 7) is 0.0993. The molecular weight excluding hydrogens is 270 g/mol. The molecule has 0 bridgehead atoms. The van der Waals surface area contributed by atoms with Gasteiger partial charge in [-0.15, -0.1) is 0 Å². The molecule has 2 atom stereocenters. The number of aliphatic hydroxyl groups is 1. The van der Waals surface area contributed by atoms with Crippen LogP contribution in [0.2, 0.25) is 0 Å². The predicted molar refractivity (Wildman–Crippen MR) is 64.3 cm³/mol. The third-order valence-electron chi connectivity index (χ3n) is 3.55. The number of carbonyl (C=O) groups is 1. The third-order valence-corrected chi connectivity index (χ3v) is 4.04. The van der Waals surface area contributed by atoms with E-state index in [4.69, 9.17) is 0 Å². The van der Waals surface area contributed by atoms with Crippen LogP contribution in [0.1, 0.15) is 12.0 Å². The molecule has 0 saturated carbocycles. The number of amides is 1. The monoisotopic (exact) mass is 281 g/mol. The van der Waals surface area contributed by atoms with Gasteiger partial charge in [-0.05, 0) is 30.2 Å². The molecule has 0 aromatic heterocycles. The first-order valence-electron chi connectivity index (χ1n) is 5.42. The van der Waals surface area contributed by atoms with Crippen molar-refractivity contribution in [3.63, 3.8) is 0 Å². The molecular formula is C12H12BrNO2. The summed E-state index contributed by atoms with van der Waals surface area (Å²) in [7, 11) is 0. The van der Waals surface area contributed by atoms with Gasteiger partial charge in [0.25, 0.3) is 0 Å². The van der Waals surface area contributed by atoms with Crippen LogP contribution in [0.3, 0.4) is 0 Å². The Morgan fingerprint density at radius 2 is 2.25 bits per heavy atom. The largest absolute Gasteiger partial charge is 0.396 e. The van der Waals surface area contributed by atoms with Crippen LogP contribution in [0.15, 0.2) is 22.7 Å². The van der Waals surface area contributed by atoms with Crippen LogP contribution in [-0.2, 0) is 11.2 Å². The summed E-state index contributed by atoms with van der Waals surface area (Å²) in [6.07, 6.45) is 1.35. The normalized spacial score (nSPS) is 27.1. The minimum atomic E-state index is 0.0960. The lowest BCUT2D eigenvalue weighted by Gasteiger charge is -2.19. The second-order valence-electron chi connectivity index (χ2n) is 4.46. The Morgan fingerprint density at radius 1 is 1.44 bits per heavy atom. The van der Waals surface area contributed by atoms with Gasteiger partial charge >= 0.3 is 0 Å². The Morgan fingerprint density at radius 3 is 3.00 bits per heavy atom. The highest BCUT2D eigenvalue weighted by Crippen LogP contribution is 2.41. The van der Waals surface area contributed by atoms with Crippen LogP contribution in [0.4, 0.5) is 5.69 Å². The van der Waals surface area contributed by atoms with Gasteiger partial charge in [-0.3, -0.25) is 4.79 Å². The zero-order valence-electron chi connectivity index (χ0n) is 8.69. The molecule has 84 valence electrons. The zero-order valence-corrected chi connectivity index (χ0v) is 10.3. The molecule has 2 heterocycles. The van der Waals surface area contributed by atoms with E-state index in [1.165, 1.54) is 5.56 Å². The molecule has 3 nitrogen and oxygen atoms in total. The Bertz CT molecular complexity index is 460. The number of anilines is 1. The number of nitrogens with zero attached hydrogens (tertiary/aromatic N) is 1. The molecule has 2 aliphatic rings. The second kappa shape index (κ2) is 3.57. The lowest BCUT2D eigenvalue weighted by Crippen LogP contribution is -2.32. The highest BCUT2D eigenvalue weighted by molar-refractivity contribution is 9.10. The van der Waals surface area contributed by atoms with Crippen molar-refractivity contribution in [3.05, 3.63) is 28.2 Å². The molecule has 1 N–H and O–H groups in total. The smallest absolute Gasteiger partial charge is 0.227 e. The zero-order chi connectivity index (χ0) is 11.3. The Balaban J connectivity index is 2.04. The molecule has 0 unspecified atom stereocenters. The Hall–Kier alpha value is -0.870. The lowest BCUT2D eigenvalue weighted by atomic mass is 9.97. The molecule has 16 heavy (non-hydrogen) atoms. The van der Waals surface area contributed by atoms with Crippen LogP contribution in [0.5, 0.6) is 0 Å². The minimum absolute atomic E-state index is 0.0960. The number of halogens is 1. The van der Waals surface area contributed by atoms with Crippen molar-refractivity contribution >= 4 is 27.5 Å². The molecule has 4 heteroatoms. The Kier molecular flexibility index (Phi) is 2.30. The van der Waals surface area contributed by atoms with Gasteiger partial charge in [-0.1, -0.05) is 15.9 Å². The van der Waals surface area contributed by atoms with Crippen molar-refractivity contribution in [2.45, 2.75) is 18.9 Å². The first kappa shape index (κ1) is 10.3. The van der Waals surface area contributed by atoms with Gasteiger partial charge in [0.05, 0.1) is 0 Å². The van der Waals surface area contributed by atoms with Gasteiger partial charge in [0, 0.05) is 35.1 Å². The van der Waals surface area contributed by atoms with Crippen molar-refractivity contribution in [1.82, 2.24) is 0 Å². The SMILES string of the molecule is O=C1C[C@@H](CO)[C@@H]2Cc3cc(Br)ccc3N12. The van der Waals surface area contributed by atoms with Crippen LogP contribution < -0.4 is 4.90 Å². The van der Waals surface area contributed by atoms with E-state index < -0.39 is 0 Å². The van der Waals surface area contributed by atoms with E-state index in [0.717, 1.165) is 16.6 Å². The van der Waals surface area contributed by atoms with Crippen molar-refractivity contribution in [1.29, 1.82) is 0 Å².